The molecule has 6 heteroatoms. The number of aryl methyl sites for hydroxylation is 1. The number of hydrogen-bond donors (Lipinski definition) is 0. The van der Waals surface area contributed by atoms with Gasteiger partial charge in [-0.25, -0.2) is 9.67 Å². The molecular formula is C25H18N6. The van der Waals surface area contributed by atoms with Crippen molar-refractivity contribution in [3.63, 3.8) is 0 Å². The summed E-state index contributed by atoms with van der Waals surface area (Å²) in [5, 5.41) is 14.0. The molecule has 0 aliphatic heterocycles. The molecular weight excluding hydrogens is 384 g/mol. The lowest BCUT2D eigenvalue weighted by Crippen LogP contribution is -1.97. The van der Waals surface area contributed by atoms with Gasteiger partial charge in [-0.2, -0.15) is 5.10 Å². The minimum absolute atomic E-state index is 0.748. The average molecular weight is 402 g/mol. The number of benzene rings is 3. The van der Waals surface area contributed by atoms with Crippen LogP contribution in [-0.4, -0.2) is 29.4 Å². The number of nitrogens with zero attached hydrogens (tertiary/aromatic N) is 6. The van der Waals surface area contributed by atoms with Gasteiger partial charge in [-0.1, -0.05) is 60.7 Å². The van der Waals surface area contributed by atoms with Gasteiger partial charge in [0.1, 0.15) is 5.69 Å². The Morgan fingerprint density at radius 3 is 2.26 bits per heavy atom. The Kier molecular flexibility index (Phi) is 3.89. The van der Waals surface area contributed by atoms with E-state index in [0.717, 1.165) is 50.7 Å². The third kappa shape index (κ3) is 2.80. The molecule has 3 heterocycles. The standard InChI is InChI=1S/C25H18N6/c1-17-24-27-28-25(31(24)22-15-9-8-14-21(22)26-17)20-16-30(19-12-6-3-7-13-19)29-23(20)18-10-4-2-5-11-18/h2-16H,1H3. The maximum atomic E-state index is 4.94. The number of aromatic nitrogens is 6. The van der Waals surface area contributed by atoms with Crippen molar-refractivity contribution in [2.75, 3.05) is 0 Å². The van der Waals surface area contributed by atoms with Gasteiger partial charge in [-0.15, -0.1) is 10.2 Å². The van der Waals surface area contributed by atoms with E-state index in [1.165, 1.54) is 0 Å². The Labute approximate surface area is 178 Å². The van der Waals surface area contributed by atoms with E-state index in [2.05, 4.69) is 26.7 Å². The van der Waals surface area contributed by atoms with Gasteiger partial charge in [0, 0.05) is 11.8 Å². The van der Waals surface area contributed by atoms with Gasteiger partial charge in [-0.05, 0) is 31.2 Å². The fourth-order valence-corrected chi connectivity index (χ4v) is 3.96. The number of fused-ring (bicyclic) bond motifs is 3. The van der Waals surface area contributed by atoms with Crippen LogP contribution in [0.5, 0.6) is 0 Å². The van der Waals surface area contributed by atoms with Crippen LogP contribution in [0.4, 0.5) is 0 Å². The van der Waals surface area contributed by atoms with E-state index >= 15 is 0 Å². The zero-order valence-electron chi connectivity index (χ0n) is 16.8. The summed E-state index contributed by atoms with van der Waals surface area (Å²) in [6.45, 7) is 1.96. The van der Waals surface area contributed by atoms with Gasteiger partial charge < -0.3 is 0 Å². The lowest BCUT2D eigenvalue weighted by atomic mass is 10.1. The molecule has 3 aromatic carbocycles. The van der Waals surface area contributed by atoms with Crippen molar-refractivity contribution in [2.24, 2.45) is 0 Å². The summed E-state index contributed by atoms with van der Waals surface area (Å²) >= 11 is 0. The fourth-order valence-electron chi connectivity index (χ4n) is 3.96. The first-order chi connectivity index (χ1) is 15.3. The molecule has 6 aromatic rings. The molecule has 6 nitrogen and oxygen atoms in total. The van der Waals surface area contributed by atoms with Gasteiger partial charge >= 0.3 is 0 Å². The smallest absolute Gasteiger partial charge is 0.183 e. The average Bonchev–Trinajstić information content (AvgIpc) is 3.46. The first-order valence-corrected chi connectivity index (χ1v) is 10.1. The SMILES string of the molecule is Cc1nc2ccccc2n2c(-c3cn(-c4ccccc4)nc3-c3ccccc3)nnc12. The van der Waals surface area contributed by atoms with Gasteiger partial charge in [0.2, 0.25) is 0 Å². The molecule has 0 spiro atoms. The molecule has 0 saturated carbocycles. The van der Waals surface area contributed by atoms with Crippen LogP contribution < -0.4 is 0 Å². The number of para-hydroxylation sites is 3. The highest BCUT2D eigenvalue weighted by molar-refractivity contribution is 5.84. The van der Waals surface area contributed by atoms with Crippen LogP contribution in [-0.2, 0) is 0 Å². The van der Waals surface area contributed by atoms with Crippen molar-refractivity contribution < 1.29 is 0 Å². The molecule has 0 radical (unpaired) electrons. The van der Waals surface area contributed by atoms with Gasteiger partial charge in [0.15, 0.2) is 11.5 Å². The summed E-state index contributed by atoms with van der Waals surface area (Å²) in [5.74, 6) is 0.748. The van der Waals surface area contributed by atoms with Crippen LogP contribution in [0.1, 0.15) is 5.69 Å². The van der Waals surface area contributed by atoms with Crippen molar-refractivity contribution in [1.29, 1.82) is 0 Å². The van der Waals surface area contributed by atoms with Crippen molar-refractivity contribution in [1.82, 2.24) is 29.4 Å². The highest BCUT2D eigenvalue weighted by Gasteiger charge is 2.21. The molecule has 0 fully saturated rings. The zero-order chi connectivity index (χ0) is 20.8. The Hall–Kier alpha value is -4.32. The van der Waals surface area contributed by atoms with Crippen LogP contribution >= 0.6 is 0 Å². The Morgan fingerprint density at radius 2 is 1.45 bits per heavy atom. The second kappa shape index (κ2) is 6.88. The van der Waals surface area contributed by atoms with Crippen molar-refractivity contribution in [3.05, 3.63) is 96.8 Å². The lowest BCUT2D eigenvalue weighted by molar-refractivity contribution is 0.884. The molecule has 31 heavy (non-hydrogen) atoms. The van der Waals surface area contributed by atoms with Crippen molar-refractivity contribution in [2.45, 2.75) is 6.92 Å². The molecule has 0 amide bonds. The maximum Gasteiger partial charge on any atom is 0.183 e. The Bertz CT molecular complexity index is 1530. The first kappa shape index (κ1) is 17.5. The molecule has 0 aliphatic rings. The van der Waals surface area contributed by atoms with E-state index in [4.69, 9.17) is 10.1 Å². The second-order valence-electron chi connectivity index (χ2n) is 7.41. The van der Waals surface area contributed by atoms with Crippen LogP contribution in [0.15, 0.2) is 91.1 Å². The molecule has 0 N–H and O–H groups in total. The summed E-state index contributed by atoms with van der Waals surface area (Å²) in [4.78, 5) is 4.70. The highest BCUT2D eigenvalue weighted by atomic mass is 15.3. The normalized spacial score (nSPS) is 11.4. The summed E-state index contributed by atoms with van der Waals surface area (Å²) < 4.78 is 3.98. The van der Waals surface area contributed by atoms with Gasteiger partial charge in [0.05, 0.1) is 28.0 Å². The van der Waals surface area contributed by atoms with Crippen molar-refractivity contribution in [3.8, 4) is 28.3 Å². The predicted octanol–water partition coefficient (Wildman–Crippen LogP) is 5.11. The monoisotopic (exact) mass is 402 g/mol. The molecule has 0 atom stereocenters. The van der Waals surface area contributed by atoms with E-state index < -0.39 is 0 Å². The van der Waals surface area contributed by atoms with Crippen LogP contribution in [0.2, 0.25) is 0 Å². The summed E-state index contributed by atoms with van der Waals surface area (Å²) in [5.41, 5.74) is 7.26. The van der Waals surface area contributed by atoms with Gasteiger partial charge in [0.25, 0.3) is 0 Å². The number of rotatable bonds is 3. The molecule has 0 unspecified atom stereocenters. The van der Waals surface area contributed by atoms with E-state index in [-0.39, 0.29) is 0 Å². The molecule has 0 bridgehead atoms. The predicted molar refractivity (Wildman–Crippen MR) is 121 cm³/mol. The minimum atomic E-state index is 0.748. The molecule has 3 aromatic heterocycles. The van der Waals surface area contributed by atoms with Crippen LogP contribution in [0.3, 0.4) is 0 Å². The van der Waals surface area contributed by atoms with E-state index in [0.29, 0.717) is 0 Å². The maximum absolute atomic E-state index is 4.94. The fraction of sp³-hybridized carbons (Fsp3) is 0.0400. The first-order valence-electron chi connectivity index (χ1n) is 10.1. The largest absolute Gasteiger partial charge is 0.272 e. The van der Waals surface area contributed by atoms with Crippen LogP contribution in [0.25, 0.3) is 45.0 Å². The number of hydrogen-bond acceptors (Lipinski definition) is 4. The minimum Gasteiger partial charge on any atom is -0.272 e. The van der Waals surface area contributed by atoms with E-state index in [1.54, 1.807) is 0 Å². The summed E-state index contributed by atoms with van der Waals surface area (Å²) in [7, 11) is 0. The molecule has 148 valence electrons. The van der Waals surface area contributed by atoms with Crippen LogP contribution in [0, 0.1) is 6.92 Å². The van der Waals surface area contributed by atoms with Gasteiger partial charge in [-0.3, -0.25) is 4.40 Å². The highest BCUT2D eigenvalue weighted by Crippen LogP contribution is 2.33. The topological polar surface area (TPSA) is 60.9 Å². The van der Waals surface area contributed by atoms with Crippen molar-refractivity contribution >= 4 is 16.7 Å². The molecule has 0 saturated heterocycles. The Morgan fingerprint density at radius 1 is 0.742 bits per heavy atom. The Balaban J connectivity index is 1.68. The quantitative estimate of drug-likeness (QED) is 0.413. The third-order valence-electron chi connectivity index (χ3n) is 5.42. The zero-order valence-corrected chi connectivity index (χ0v) is 16.8. The third-order valence-corrected chi connectivity index (χ3v) is 5.42. The van der Waals surface area contributed by atoms with E-state index in [9.17, 15) is 0 Å². The summed E-state index contributed by atoms with van der Waals surface area (Å²) in [6.07, 6.45) is 2.03. The van der Waals surface area contributed by atoms with E-state index in [1.807, 2.05) is 90.6 Å². The molecule has 0 aliphatic carbocycles. The lowest BCUT2D eigenvalue weighted by Gasteiger charge is -2.06. The summed E-state index contributed by atoms with van der Waals surface area (Å²) in [6, 6.07) is 28.3. The second-order valence-corrected chi connectivity index (χ2v) is 7.41. The molecule has 6 rings (SSSR count).